The van der Waals surface area contributed by atoms with E-state index in [1.54, 1.807) is 0 Å². The number of nitrogens with one attached hydrogen (secondary N) is 1. The van der Waals surface area contributed by atoms with Gasteiger partial charge < -0.3 is 10.4 Å². The predicted molar refractivity (Wildman–Crippen MR) is 50.4 cm³/mol. The molecule has 0 bridgehead atoms. The number of aliphatic carboxylic acids is 1. The first-order chi connectivity index (χ1) is 8.09. The Balaban J connectivity index is 2.04. The Kier molecular flexibility index (Phi) is 2.61. The monoisotopic (exact) mass is 269 g/mol. The molecule has 1 amide bonds. The summed E-state index contributed by atoms with van der Waals surface area (Å²) in [6.07, 6.45) is -6.11. The maximum Gasteiger partial charge on any atom is 0.471 e. The molecule has 0 aliphatic heterocycles. The minimum Gasteiger partial charge on any atom is -0.480 e. The van der Waals surface area contributed by atoms with Crippen LogP contribution in [0.3, 0.4) is 0 Å². The topological polar surface area (TPSA) is 66.4 Å². The molecule has 2 fully saturated rings. The molecule has 0 aromatic heterocycles. The second-order valence-corrected chi connectivity index (χ2v) is 5.20. The average molecular weight is 269 g/mol. The van der Waals surface area contributed by atoms with E-state index < -0.39 is 35.2 Å². The van der Waals surface area contributed by atoms with Gasteiger partial charge in [0, 0.05) is 0 Å². The molecule has 2 aliphatic rings. The second-order valence-electron chi connectivity index (χ2n) is 5.20. The van der Waals surface area contributed by atoms with Crippen molar-refractivity contribution in [3.8, 4) is 0 Å². The maximum atomic E-state index is 12.7. The van der Waals surface area contributed by atoms with Crippen LogP contribution < -0.4 is 5.32 Å². The standard InChI is InChI=1S/C10H11F4NO3/c11-5-1-8(2-5)3-9(4-8,7(17)18)15-6(16)10(12,13)14/h5H,1-4H2,(H,15,16)(H,17,18). The molecular formula is C10H11F4NO3. The highest BCUT2D eigenvalue weighted by Gasteiger charge is 2.65. The zero-order valence-electron chi connectivity index (χ0n) is 9.18. The summed E-state index contributed by atoms with van der Waals surface area (Å²) in [6.45, 7) is 0. The van der Waals surface area contributed by atoms with Crippen molar-refractivity contribution in [3.63, 3.8) is 0 Å². The Labute approximate surface area is 99.3 Å². The molecule has 2 aliphatic carbocycles. The molecule has 0 atom stereocenters. The van der Waals surface area contributed by atoms with Gasteiger partial charge in [-0.05, 0) is 31.1 Å². The number of hydrogen-bond acceptors (Lipinski definition) is 2. The molecule has 1 spiro atoms. The summed E-state index contributed by atoms with van der Waals surface area (Å²) in [6, 6.07) is 0. The number of hydrogen-bond donors (Lipinski definition) is 2. The van der Waals surface area contributed by atoms with Crippen molar-refractivity contribution >= 4 is 11.9 Å². The first-order valence-electron chi connectivity index (χ1n) is 5.35. The van der Waals surface area contributed by atoms with E-state index in [1.807, 2.05) is 0 Å². The average Bonchev–Trinajstić information content (AvgIpc) is 2.09. The first kappa shape index (κ1) is 13.1. The fourth-order valence-corrected chi connectivity index (χ4v) is 2.98. The Morgan fingerprint density at radius 2 is 1.72 bits per heavy atom. The van der Waals surface area contributed by atoms with Gasteiger partial charge in [-0.15, -0.1) is 0 Å². The number of halogens is 4. The van der Waals surface area contributed by atoms with E-state index in [0.29, 0.717) is 0 Å². The van der Waals surface area contributed by atoms with Crippen molar-refractivity contribution in [2.75, 3.05) is 0 Å². The molecule has 2 rings (SSSR count). The summed E-state index contributed by atoms with van der Waals surface area (Å²) in [5, 5.41) is 10.5. The van der Waals surface area contributed by atoms with E-state index in [4.69, 9.17) is 5.11 Å². The van der Waals surface area contributed by atoms with Gasteiger partial charge >= 0.3 is 18.1 Å². The van der Waals surface area contributed by atoms with Crippen LogP contribution in [0.1, 0.15) is 25.7 Å². The van der Waals surface area contributed by atoms with Crippen LogP contribution in [0.25, 0.3) is 0 Å². The molecule has 4 nitrogen and oxygen atoms in total. The van der Waals surface area contributed by atoms with Gasteiger partial charge in [-0.3, -0.25) is 4.79 Å². The van der Waals surface area contributed by atoms with Gasteiger partial charge in [0.05, 0.1) is 0 Å². The molecule has 8 heteroatoms. The van der Waals surface area contributed by atoms with E-state index in [0.717, 1.165) is 0 Å². The van der Waals surface area contributed by atoms with E-state index in [1.165, 1.54) is 5.32 Å². The normalized spacial score (nSPS) is 38.8. The van der Waals surface area contributed by atoms with Crippen LogP contribution in [-0.4, -0.2) is 34.9 Å². The number of rotatable bonds is 2. The number of carboxylic acid groups (broad SMARTS) is 1. The van der Waals surface area contributed by atoms with Gasteiger partial charge in [0.15, 0.2) is 0 Å². The van der Waals surface area contributed by atoms with Crippen LogP contribution in [-0.2, 0) is 9.59 Å². The van der Waals surface area contributed by atoms with E-state index in [9.17, 15) is 27.2 Å². The molecular weight excluding hydrogens is 258 g/mol. The van der Waals surface area contributed by atoms with E-state index in [-0.39, 0.29) is 25.7 Å². The lowest BCUT2D eigenvalue weighted by molar-refractivity contribution is -0.189. The van der Waals surface area contributed by atoms with E-state index >= 15 is 0 Å². The molecule has 0 radical (unpaired) electrons. The largest absolute Gasteiger partial charge is 0.480 e. The van der Waals surface area contributed by atoms with Gasteiger partial charge in [0.1, 0.15) is 11.7 Å². The lowest BCUT2D eigenvalue weighted by Gasteiger charge is -2.59. The summed E-state index contributed by atoms with van der Waals surface area (Å²) in [7, 11) is 0. The van der Waals surface area contributed by atoms with Crippen molar-refractivity contribution in [1.29, 1.82) is 0 Å². The van der Waals surface area contributed by atoms with E-state index in [2.05, 4.69) is 0 Å². The van der Waals surface area contributed by atoms with Crippen LogP contribution in [0, 0.1) is 5.41 Å². The van der Waals surface area contributed by atoms with Crippen molar-refractivity contribution in [2.24, 2.45) is 5.41 Å². The number of alkyl halides is 4. The Bertz CT molecular complexity index is 392. The summed E-state index contributed by atoms with van der Waals surface area (Å²) in [4.78, 5) is 21.8. The number of carbonyl (C=O) groups excluding carboxylic acids is 1. The molecule has 18 heavy (non-hydrogen) atoms. The Morgan fingerprint density at radius 3 is 2.06 bits per heavy atom. The predicted octanol–water partition coefficient (Wildman–Crippen LogP) is 1.40. The zero-order chi connectivity index (χ0) is 13.8. The van der Waals surface area contributed by atoms with Crippen LogP contribution in [0.15, 0.2) is 0 Å². The fraction of sp³-hybridized carbons (Fsp3) is 0.800. The molecule has 0 heterocycles. The highest BCUT2D eigenvalue weighted by molar-refractivity contribution is 5.90. The fourth-order valence-electron chi connectivity index (χ4n) is 2.98. The minimum absolute atomic E-state index is 0.141. The second kappa shape index (κ2) is 3.58. The van der Waals surface area contributed by atoms with Crippen molar-refractivity contribution in [3.05, 3.63) is 0 Å². The van der Waals surface area contributed by atoms with Gasteiger partial charge in [-0.1, -0.05) is 0 Å². The van der Waals surface area contributed by atoms with Gasteiger partial charge in [-0.2, -0.15) is 13.2 Å². The Morgan fingerprint density at radius 1 is 1.22 bits per heavy atom. The molecule has 102 valence electrons. The third-order valence-corrected chi connectivity index (χ3v) is 3.68. The quantitative estimate of drug-likeness (QED) is 0.745. The highest BCUT2D eigenvalue weighted by Crippen LogP contribution is 2.61. The van der Waals surface area contributed by atoms with Crippen molar-refractivity contribution in [2.45, 2.75) is 43.6 Å². The third-order valence-electron chi connectivity index (χ3n) is 3.68. The Hall–Kier alpha value is -1.34. The minimum atomic E-state index is -5.12. The number of carboxylic acids is 1. The van der Waals surface area contributed by atoms with Gasteiger partial charge in [0.2, 0.25) is 0 Å². The van der Waals surface area contributed by atoms with Gasteiger partial charge in [0.25, 0.3) is 0 Å². The molecule has 0 unspecified atom stereocenters. The molecule has 2 saturated carbocycles. The van der Waals surface area contributed by atoms with Crippen molar-refractivity contribution in [1.82, 2.24) is 5.32 Å². The summed E-state index contributed by atoms with van der Waals surface area (Å²) in [5.74, 6) is -3.77. The maximum absolute atomic E-state index is 12.7. The van der Waals surface area contributed by atoms with Crippen molar-refractivity contribution < 1.29 is 32.3 Å². The zero-order valence-corrected chi connectivity index (χ0v) is 9.18. The summed E-state index contributed by atoms with van der Waals surface area (Å²) >= 11 is 0. The van der Waals surface area contributed by atoms with Crippen LogP contribution in [0.5, 0.6) is 0 Å². The third kappa shape index (κ3) is 1.93. The molecule has 0 aromatic carbocycles. The summed E-state index contributed by atoms with van der Waals surface area (Å²) < 4.78 is 49.0. The molecule has 0 saturated heterocycles. The SMILES string of the molecule is O=C(NC1(C(=O)O)CC2(CC(F)C2)C1)C(F)(F)F. The van der Waals surface area contributed by atoms with Crippen LogP contribution >= 0.6 is 0 Å². The van der Waals surface area contributed by atoms with Crippen LogP contribution in [0.4, 0.5) is 17.6 Å². The molecule has 0 aromatic rings. The number of amides is 1. The first-order valence-corrected chi connectivity index (χ1v) is 5.35. The van der Waals surface area contributed by atoms with Crippen LogP contribution in [0.2, 0.25) is 0 Å². The smallest absolute Gasteiger partial charge is 0.471 e. The lowest BCUT2D eigenvalue weighted by atomic mass is 9.48. The van der Waals surface area contributed by atoms with Gasteiger partial charge in [-0.25, -0.2) is 9.18 Å². The summed E-state index contributed by atoms with van der Waals surface area (Å²) in [5.41, 5.74) is -2.44. The highest BCUT2D eigenvalue weighted by atomic mass is 19.4. The lowest BCUT2D eigenvalue weighted by Crippen LogP contribution is -2.70. The number of carbonyl (C=O) groups is 2. The molecule has 2 N–H and O–H groups in total.